The average molecular weight is 399 g/mol. The lowest BCUT2D eigenvalue weighted by molar-refractivity contribution is -0.120. The molecule has 2 unspecified atom stereocenters. The fraction of sp³-hybridized carbons (Fsp3) is 0.238. The molecule has 138 valence electrons. The zero-order valence-corrected chi connectivity index (χ0v) is 16.4. The van der Waals surface area contributed by atoms with Crippen molar-refractivity contribution in [1.29, 1.82) is 0 Å². The molecule has 0 radical (unpaired) electrons. The number of nitrogens with one attached hydrogen (secondary N) is 1. The van der Waals surface area contributed by atoms with Gasteiger partial charge in [-0.15, -0.1) is 11.3 Å². The second-order valence-corrected chi connectivity index (χ2v) is 7.98. The highest BCUT2D eigenvalue weighted by Crippen LogP contribution is 2.39. The molecular weight excluding hydrogens is 380 g/mol. The van der Waals surface area contributed by atoms with Crippen molar-refractivity contribution in [2.45, 2.75) is 18.8 Å². The summed E-state index contributed by atoms with van der Waals surface area (Å²) in [6.07, 6.45) is 5.75. The Morgan fingerprint density at radius 1 is 1.22 bits per heavy atom. The van der Waals surface area contributed by atoms with Crippen LogP contribution in [0.15, 0.2) is 54.6 Å². The zero-order chi connectivity index (χ0) is 18.8. The number of carbonyl (C=O) groups is 1. The van der Waals surface area contributed by atoms with Gasteiger partial charge in [0.15, 0.2) is 0 Å². The number of hydrogen-bond acceptors (Lipinski definition) is 4. The van der Waals surface area contributed by atoms with Crippen LogP contribution in [0, 0.1) is 5.92 Å². The number of ether oxygens (including phenoxy) is 1. The normalized spacial score (nSPS) is 19.2. The smallest absolute Gasteiger partial charge is 0.228 e. The summed E-state index contributed by atoms with van der Waals surface area (Å²) in [5.74, 6) is 0.505. The first kappa shape index (κ1) is 18.0. The number of nitrogens with zero attached hydrogens (tertiary/aromatic N) is 1. The summed E-state index contributed by atoms with van der Waals surface area (Å²) < 4.78 is 6.32. The number of halogens is 1. The molecule has 0 bridgehead atoms. The van der Waals surface area contributed by atoms with Gasteiger partial charge in [-0.25, -0.2) is 4.98 Å². The third kappa shape index (κ3) is 3.70. The Bertz CT molecular complexity index is 981. The highest BCUT2D eigenvalue weighted by molar-refractivity contribution is 7.18. The number of benzene rings is 2. The Kier molecular flexibility index (Phi) is 5.14. The van der Waals surface area contributed by atoms with Gasteiger partial charge in [0, 0.05) is 11.6 Å². The number of methoxy groups -OCH3 is 1. The molecule has 2 aromatic carbocycles. The van der Waals surface area contributed by atoms with Crippen LogP contribution >= 0.6 is 22.9 Å². The average Bonchev–Trinajstić information content (AvgIpc) is 3.12. The van der Waals surface area contributed by atoms with Crippen LogP contribution < -0.4 is 10.1 Å². The molecule has 27 heavy (non-hydrogen) atoms. The first-order valence-corrected chi connectivity index (χ1v) is 10.00. The molecule has 1 aliphatic carbocycles. The van der Waals surface area contributed by atoms with E-state index >= 15 is 0 Å². The molecule has 0 aliphatic heterocycles. The minimum atomic E-state index is -0.156. The quantitative estimate of drug-likeness (QED) is 0.578. The predicted octanol–water partition coefficient (Wildman–Crippen LogP) is 5.65. The molecule has 4 rings (SSSR count). The molecule has 0 saturated carbocycles. The maximum Gasteiger partial charge on any atom is 0.228 e. The fourth-order valence-electron chi connectivity index (χ4n) is 3.40. The van der Waals surface area contributed by atoms with Crippen LogP contribution in [0.2, 0.25) is 5.02 Å². The summed E-state index contributed by atoms with van der Waals surface area (Å²) in [6, 6.07) is 13.4. The fourth-order valence-corrected chi connectivity index (χ4v) is 4.81. The lowest BCUT2D eigenvalue weighted by Crippen LogP contribution is -2.29. The van der Waals surface area contributed by atoms with Gasteiger partial charge in [0.2, 0.25) is 5.91 Å². The minimum absolute atomic E-state index is 0.00941. The van der Waals surface area contributed by atoms with Crippen LogP contribution in [0.25, 0.3) is 10.2 Å². The maximum absolute atomic E-state index is 13.0. The minimum Gasteiger partial charge on any atom is -0.495 e. The van der Waals surface area contributed by atoms with Gasteiger partial charge in [-0.1, -0.05) is 35.9 Å². The number of aromatic nitrogens is 1. The molecule has 1 amide bonds. The molecule has 3 aromatic rings. The Morgan fingerprint density at radius 2 is 2.04 bits per heavy atom. The summed E-state index contributed by atoms with van der Waals surface area (Å²) >= 11 is 7.85. The lowest BCUT2D eigenvalue weighted by atomic mass is 9.82. The van der Waals surface area contributed by atoms with E-state index in [-0.39, 0.29) is 17.7 Å². The molecule has 6 heteroatoms. The summed E-state index contributed by atoms with van der Waals surface area (Å²) in [5.41, 5.74) is 1.66. The summed E-state index contributed by atoms with van der Waals surface area (Å²) in [6.45, 7) is 0. The Balaban J connectivity index is 1.57. The first-order valence-electron chi connectivity index (χ1n) is 8.80. The number of thiazole rings is 1. The summed E-state index contributed by atoms with van der Waals surface area (Å²) in [4.78, 5) is 17.8. The molecule has 0 fully saturated rings. The predicted molar refractivity (Wildman–Crippen MR) is 111 cm³/mol. The van der Waals surface area contributed by atoms with E-state index in [1.165, 1.54) is 0 Å². The molecule has 0 spiro atoms. The van der Waals surface area contributed by atoms with Gasteiger partial charge in [0.05, 0.1) is 33.3 Å². The van der Waals surface area contributed by atoms with Crippen LogP contribution in [-0.4, -0.2) is 18.0 Å². The number of allylic oxidation sites excluding steroid dienone is 2. The first-order chi connectivity index (χ1) is 13.2. The van der Waals surface area contributed by atoms with Crippen LogP contribution in [0.4, 0.5) is 5.69 Å². The van der Waals surface area contributed by atoms with E-state index in [0.717, 1.165) is 21.6 Å². The molecule has 1 aromatic heterocycles. The monoisotopic (exact) mass is 398 g/mol. The van der Waals surface area contributed by atoms with E-state index in [2.05, 4.69) is 23.5 Å². The number of carbonyl (C=O) groups excluding carboxylic acids is 1. The third-order valence-electron chi connectivity index (χ3n) is 4.82. The van der Waals surface area contributed by atoms with Gasteiger partial charge in [-0.2, -0.15) is 0 Å². The van der Waals surface area contributed by atoms with Gasteiger partial charge in [0.25, 0.3) is 0 Å². The van der Waals surface area contributed by atoms with Crippen LogP contribution in [0.3, 0.4) is 0 Å². The van der Waals surface area contributed by atoms with Crippen molar-refractivity contribution in [2.24, 2.45) is 5.92 Å². The van der Waals surface area contributed by atoms with E-state index in [0.29, 0.717) is 22.9 Å². The van der Waals surface area contributed by atoms with Crippen molar-refractivity contribution in [1.82, 2.24) is 4.98 Å². The number of rotatable bonds is 4. The molecule has 2 atom stereocenters. The highest BCUT2D eigenvalue weighted by Gasteiger charge is 2.32. The van der Waals surface area contributed by atoms with E-state index in [1.54, 1.807) is 36.6 Å². The standard InChI is InChI=1S/C21H19ClN2O2S/c1-26-18-11-10-13(12-16(18)22)23-20(25)14-6-2-3-7-15(14)21-24-17-8-4-5-9-19(17)27-21/h2-5,8-12,14-15H,6-7H2,1H3,(H,23,25). The van der Waals surface area contributed by atoms with Gasteiger partial charge in [-0.05, 0) is 43.2 Å². The number of fused-ring (bicyclic) bond motifs is 1. The molecule has 1 aliphatic rings. The number of anilines is 1. The van der Waals surface area contributed by atoms with Crippen molar-refractivity contribution in [3.8, 4) is 5.75 Å². The maximum atomic E-state index is 13.0. The van der Waals surface area contributed by atoms with Gasteiger partial charge < -0.3 is 10.1 Å². The van der Waals surface area contributed by atoms with Crippen LogP contribution in [0.1, 0.15) is 23.8 Å². The van der Waals surface area contributed by atoms with Crippen molar-refractivity contribution >= 4 is 44.7 Å². The third-order valence-corrected chi connectivity index (χ3v) is 6.28. The second kappa shape index (κ2) is 7.71. The summed E-state index contributed by atoms with van der Waals surface area (Å²) in [7, 11) is 1.57. The summed E-state index contributed by atoms with van der Waals surface area (Å²) in [5, 5.41) is 4.50. The SMILES string of the molecule is COc1ccc(NC(=O)C2CC=CCC2c2nc3ccccc3s2)cc1Cl. The Hall–Kier alpha value is -2.37. The van der Waals surface area contributed by atoms with Gasteiger partial charge >= 0.3 is 0 Å². The van der Waals surface area contributed by atoms with Crippen molar-refractivity contribution < 1.29 is 9.53 Å². The van der Waals surface area contributed by atoms with Crippen LogP contribution in [-0.2, 0) is 4.79 Å². The topological polar surface area (TPSA) is 51.2 Å². The molecule has 4 nitrogen and oxygen atoms in total. The second-order valence-electron chi connectivity index (χ2n) is 6.51. The van der Waals surface area contributed by atoms with E-state index < -0.39 is 0 Å². The number of hydrogen-bond donors (Lipinski definition) is 1. The van der Waals surface area contributed by atoms with Crippen molar-refractivity contribution in [3.63, 3.8) is 0 Å². The number of para-hydroxylation sites is 1. The largest absolute Gasteiger partial charge is 0.495 e. The molecule has 0 saturated heterocycles. The van der Waals surface area contributed by atoms with E-state index in [4.69, 9.17) is 21.3 Å². The molecule has 1 heterocycles. The zero-order valence-electron chi connectivity index (χ0n) is 14.8. The Morgan fingerprint density at radius 3 is 2.81 bits per heavy atom. The van der Waals surface area contributed by atoms with Crippen LogP contribution in [0.5, 0.6) is 5.75 Å². The van der Waals surface area contributed by atoms with Gasteiger partial charge in [-0.3, -0.25) is 4.79 Å². The number of amides is 1. The van der Waals surface area contributed by atoms with Gasteiger partial charge in [0.1, 0.15) is 5.75 Å². The molecular formula is C21H19ClN2O2S. The van der Waals surface area contributed by atoms with E-state index in [1.807, 2.05) is 18.2 Å². The van der Waals surface area contributed by atoms with E-state index in [9.17, 15) is 4.79 Å². The van der Waals surface area contributed by atoms with Crippen molar-refractivity contribution in [3.05, 3.63) is 64.6 Å². The Labute approximate surface area is 166 Å². The lowest BCUT2D eigenvalue weighted by Gasteiger charge is -2.26. The highest BCUT2D eigenvalue weighted by atomic mass is 35.5. The van der Waals surface area contributed by atoms with Crippen molar-refractivity contribution in [2.75, 3.05) is 12.4 Å². The molecule has 1 N–H and O–H groups in total.